The van der Waals surface area contributed by atoms with E-state index >= 15 is 0 Å². The lowest BCUT2D eigenvalue weighted by Gasteiger charge is -2.15. The Morgan fingerprint density at radius 1 is 0.783 bits per heavy atom. The monoisotopic (exact) mass is 304 g/mol. The predicted molar refractivity (Wildman–Crippen MR) is 93.0 cm³/mol. The minimum atomic E-state index is -0.968. The van der Waals surface area contributed by atoms with Crippen LogP contribution in [0.5, 0.6) is 0 Å². The summed E-state index contributed by atoms with van der Waals surface area (Å²) < 4.78 is 0. The molecule has 4 heteroatoms. The summed E-state index contributed by atoms with van der Waals surface area (Å²) in [6, 6.07) is 22.1. The van der Waals surface area contributed by atoms with Gasteiger partial charge in [-0.2, -0.15) is 0 Å². The highest BCUT2D eigenvalue weighted by Crippen LogP contribution is 2.34. The van der Waals surface area contributed by atoms with Gasteiger partial charge in [0.2, 0.25) is 0 Å². The highest BCUT2D eigenvalue weighted by atomic mass is 16.4. The van der Waals surface area contributed by atoms with Crippen LogP contribution in [0.4, 0.5) is 17.1 Å². The molecule has 0 atom stereocenters. The first-order valence-electron chi connectivity index (χ1n) is 7.20. The summed E-state index contributed by atoms with van der Waals surface area (Å²) in [6.07, 6.45) is 0. The molecule has 0 amide bonds. The third kappa shape index (κ3) is 3.01. The standard InChI is InChI=1S/C19H16N2O2/c20-16-10-4-1-7-13(16)14-8-2-5-11-17(14)21-18-12-6-3-9-15(18)19(22)23/h1-12,21H,20H2,(H,22,23). The van der Waals surface area contributed by atoms with Gasteiger partial charge in [-0.1, -0.05) is 48.5 Å². The molecule has 23 heavy (non-hydrogen) atoms. The van der Waals surface area contributed by atoms with Crippen molar-refractivity contribution in [1.29, 1.82) is 0 Å². The maximum atomic E-state index is 11.4. The fourth-order valence-corrected chi connectivity index (χ4v) is 2.49. The number of carboxylic acids is 1. The lowest BCUT2D eigenvalue weighted by molar-refractivity contribution is 0.0698. The smallest absolute Gasteiger partial charge is 0.337 e. The second-order valence-corrected chi connectivity index (χ2v) is 5.11. The van der Waals surface area contributed by atoms with Crippen LogP contribution in [-0.4, -0.2) is 11.1 Å². The molecule has 0 saturated heterocycles. The number of hydrogen-bond acceptors (Lipinski definition) is 3. The number of carbonyl (C=O) groups is 1. The predicted octanol–water partition coefficient (Wildman–Crippen LogP) is 4.38. The van der Waals surface area contributed by atoms with E-state index in [9.17, 15) is 9.90 Å². The summed E-state index contributed by atoms with van der Waals surface area (Å²) in [5.74, 6) is -0.968. The molecule has 3 aromatic rings. The number of benzene rings is 3. The van der Waals surface area contributed by atoms with Crippen LogP contribution < -0.4 is 11.1 Å². The van der Waals surface area contributed by atoms with Gasteiger partial charge in [-0.05, 0) is 24.3 Å². The number of hydrogen-bond donors (Lipinski definition) is 3. The van der Waals surface area contributed by atoms with Gasteiger partial charge in [-0.25, -0.2) is 4.79 Å². The van der Waals surface area contributed by atoms with Crippen LogP contribution in [0.3, 0.4) is 0 Å². The molecule has 0 bridgehead atoms. The topological polar surface area (TPSA) is 75.3 Å². The fourth-order valence-electron chi connectivity index (χ4n) is 2.49. The zero-order chi connectivity index (χ0) is 16.2. The average Bonchev–Trinajstić information content (AvgIpc) is 2.56. The fraction of sp³-hybridized carbons (Fsp3) is 0. The molecular weight excluding hydrogens is 288 g/mol. The third-order valence-corrected chi connectivity index (χ3v) is 3.60. The quantitative estimate of drug-likeness (QED) is 0.625. The largest absolute Gasteiger partial charge is 0.478 e. The Bertz CT molecular complexity index is 859. The van der Waals surface area contributed by atoms with Crippen LogP contribution >= 0.6 is 0 Å². The second kappa shape index (κ2) is 6.23. The molecule has 3 aromatic carbocycles. The number of nitrogens with one attached hydrogen (secondary N) is 1. The van der Waals surface area contributed by atoms with Crippen LogP contribution in [0.15, 0.2) is 72.8 Å². The van der Waals surface area contributed by atoms with Crippen molar-refractivity contribution in [3.8, 4) is 11.1 Å². The van der Waals surface area contributed by atoms with Crippen LogP contribution in [0, 0.1) is 0 Å². The highest BCUT2D eigenvalue weighted by molar-refractivity contribution is 5.96. The van der Waals surface area contributed by atoms with E-state index in [1.807, 2.05) is 48.5 Å². The Morgan fingerprint density at radius 3 is 2.04 bits per heavy atom. The van der Waals surface area contributed by atoms with Gasteiger partial charge >= 0.3 is 5.97 Å². The van der Waals surface area contributed by atoms with Crippen molar-refractivity contribution in [3.63, 3.8) is 0 Å². The summed E-state index contributed by atoms with van der Waals surface area (Å²) in [7, 11) is 0. The maximum Gasteiger partial charge on any atom is 0.337 e. The van der Waals surface area contributed by atoms with Crippen molar-refractivity contribution in [3.05, 3.63) is 78.4 Å². The molecule has 4 nitrogen and oxygen atoms in total. The first kappa shape index (κ1) is 14.7. The molecule has 0 fully saturated rings. The SMILES string of the molecule is Nc1ccccc1-c1ccccc1Nc1ccccc1C(=O)O. The van der Waals surface area contributed by atoms with E-state index in [4.69, 9.17) is 5.73 Å². The molecular formula is C19H16N2O2. The van der Waals surface area contributed by atoms with Gasteiger partial charge in [0, 0.05) is 22.5 Å². The molecule has 0 radical (unpaired) electrons. The molecule has 0 aliphatic heterocycles. The summed E-state index contributed by atoms with van der Waals surface area (Å²) in [5.41, 5.74) is 10.1. The lowest BCUT2D eigenvalue weighted by atomic mass is 10.0. The van der Waals surface area contributed by atoms with Crippen molar-refractivity contribution < 1.29 is 9.90 Å². The number of nitrogen functional groups attached to an aromatic ring is 1. The van der Waals surface area contributed by atoms with Crippen molar-refractivity contribution >= 4 is 23.0 Å². The van der Waals surface area contributed by atoms with Crippen molar-refractivity contribution in [2.45, 2.75) is 0 Å². The summed E-state index contributed by atoms with van der Waals surface area (Å²) in [4.78, 5) is 11.4. The zero-order valence-electron chi connectivity index (χ0n) is 12.4. The Balaban J connectivity index is 2.06. The number of rotatable bonds is 4. The van der Waals surface area contributed by atoms with E-state index in [0.717, 1.165) is 16.8 Å². The number of para-hydroxylation sites is 3. The van der Waals surface area contributed by atoms with Gasteiger partial charge in [0.25, 0.3) is 0 Å². The molecule has 0 saturated carbocycles. The van der Waals surface area contributed by atoms with Gasteiger partial charge in [0.05, 0.1) is 11.3 Å². The summed E-state index contributed by atoms with van der Waals surface area (Å²) in [6.45, 7) is 0. The maximum absolute atomic E-state index is 11.4. The van der Waals surface area contributed by atoms with Crippen LogP contribution in [0.25, 0.3) is 11.1 Å². The van der Waals surface area contributed by atoms with Gasteiger partial charge in [-0.3, -0.25) is 0 Å². The van der Waals surface area contributed by atoms with Gasteiger partial charge in [0.1, 0.15) is 0 Å². The van der Waals surface area contributed by atoms with E-state index in [0.29, 0.717) is 11.4 Å². The Morgan fingerprint density at radius 2 is 1.35 bits per heavy atom. The average molecular weight is 304 g/mol. The van der Waals surface area contributed by atoms with Gasteiger partial charge in [-0.15, -0.1) is 0 Å². The normalized spacial score (nSPS) is 10.3. The van der Waals surface area contributed by atoms with E-state index in [2.05, 4.69) is 5.32 Å². The molecule has 3 rings (SSSR count). The second-order valence-electron chi connectivity index (χ2n) is 5.11. The van der Waals surface area contributed by atoms with Crippen molar-refractivity contribution in [1.82, 2.24) is 0 Å². The number of nitrogens with two attached hydrogens (primary N) is 1. The van der Waals surface area contributed by atoms with Gasteiger partial charge in [0.15, 0.2) is 0 Å². The van der Waals surface area contributed by atoms with Crippen molar-refractivity contribution in [2.24, 2.45) is 0 Å². The van der Waals surface area contributed by atoms with E-state index < -0.39 is 5.97 Å². The number of aromatic carboxylic acids is 1. The Hall–Kier alpha value is -3.27. The minimum Gasteiger partial charge on any atom is -0.478 e. The zero-order valence-corrected chi connectivity index (χ0v) is 12.4. The van der Waals surface area contributed by atoms with Crippen LogP contribution in [-0.2, 0) is 0 Å². The number of carboxylic acid groups (broad SMARTS) is 1. The Labute approximate surface area is 134 Å². The first-order valence-corrected chi connectivity index (χ1v) is 7.20. The summed E-state index contributed by atoms with van der Waals surface area (Å²) >= 11 is 0. The third-order valence-electron chi connectivity index (χ3n) is 3.60. The molecule has 0 heterocycles. The summed E-state index contributed by atoms with van der Waals surface area (Å²) in [5, 5.41) is 12.5. The van der Waals surface area contributed by atoms with E-state index in [1.54, 1.807) is 24.3 Å². The highest BCUT2D eigenvalue weighted by Gasteiger charge is 2.12. The van der Waals surface area contributed by atoms with Crippen molar-refractivity contribution in [2.75, 3.05) is 11.1 Å². The molecule has 0 unspecified atom stereocenters. The first-order chi connectivity index (χ1) is 11.2. The molecule has 0 aliphatic rings. The van der Waals surface area contributed by atoms with E-state index in [-0.39, 0.29) is 5.56 Å². The van der Waals surface area contributed by atoms with Crippen LogP contribution in [0.2, 0.25) is 0 Å². The lowest BCUT2D eigenvalue weighted by Crippen LogP contribution is -2.03. The van der Waals surface area contributed by atoms with Gasteiger partial charge < -0.3 is 16.2 Å². The van der Waals surface area contributed by atoms with E-state index in [1.165, 1.54) is 0 Å². The molecule has 114 valence electrons. The molecule has 4 N–H and O–H groups in total. The number of anilines is 3. The minimum absolute atomic E-state index is 0.225. The van der Waals surface area contributed by atoms with Crippen LogP contribution in [0.1, 0.15) is 10.4 Å². The molecule has 0 aliphatic carbocycles. The molecule has 0 spiro atoms. The Kier molecular flexibility index (Phi) is 3.97. The molecule has 0 aromatic heterocycles.